The van der Waals surface area contributed by atoms with Gasteiger partial charge in [-0.3, -0.25) is 0 Å². The predicted octanol–water partition coefficient (Wildman–Crippen LogP) is 3.09. The van der Waals surface area contributed by atoms with Crippen LogP contribution in [0.15, 0.2) is 36.9 Å². The number of hydrogen-bond acceptors (Lipinski definition) is 4. The average Bonchev–Trinajstić information content (AvgIpc) is 2.41. The number of rotatable bonds is 10. The minimum absolute atomic E-state index is 0.528. The van der Waals surface area contributed by atoms with Gasteiger partial charge in [0, 0.05) is 20.0 Å². The first-order chi connectivity index (χ1) is 9.63. The van der Waals surface area contributed by atoms with Gasteiger partial charge in [-0.15, -0.1) is 6.58 Å². The Bertz CT molecular complexity index is 383. The van der Waals surface area contributed by atoms with Crippen LogP contribution in [0.1, 0.15) is 26.3 Å². The van der Waals surface area contributed by atoms with Crippen molar-refractivity contribution >= 4 is 0 Å². The van der Waals surface area contributed by atoms with Gasteiger partial charge in [-0.05, 0) is 31.5 Å². The third kappa shape index (κ3) is 5.74. The normalized spacial score (nSPS) is 11.3. The van der Waals surface area contributed by atoms with Crippen LogP contribution in [-0.4, -0.2) is 25.7 Å². The molecule has 1 aromatic rings. The third-order valence-corrected chi connectivity index (χ3v) is 2.66. The van der Waals surface area contributed by atoms with E-state index in [4.69, 9.17) is 14.2 Å². The van der Waals surface area contributed by atoms with Gasteiger partial charge in [0.15, 0.2) is 0 Å². The third-order valence-electron chi connectivity index (χ3n) is 2.66. The quantitative estimate of drug-likeness (QED) is 0.406. The van der Waals surface area contributed by atoms with E-state index in [1.807, 2.05) is 44.2 Å². The number of hydrogen-bond donors (Lipinski definition) is 1. The molecular formula is C16H25NO3. The van der Waals surface area contributed by atoms with E-state index in [2.05, 4.69) is 11.9 Å². The average molecular weight is 279 g/mol. The molecule has 0 fully saturated rings. The molecule has 0 bridgehead atoms. The molecular weight excluding hydrogens is 254 g/mol. The molecule has 0 atom stereocenters. The Morgan fingerprint density at radius 2 is 1.75 bits per heavy atom. The van der Waals surface area contributed by atoms with E-state index < -0.39 is 5.97 Å². The Morgan fingerprint density at radius 3 is 2.25 bits per heavy atom. The molecule has 0 aliphatic heterocycles. The van der Waals surface area contributed by atoms with Gasteiger partial charge in [0.1, 0.15) is 5.75 Å². The van der Waals surface area contributed by atoms with Crippen molar-refractivity contribution in [3.63, 3.8) is 0 Å². The standard InChI is InChI=1S/C16H25NO3/c1-5-12-17-13-14-8-10-15(11-9-14)20-16(4,18-6-2)19-7-3/h5,8-11,17H,1,6-7,12-13H2,2-4H3. The Labute approximate surface area is 121 Å². The van der Waals surface area contributed by atoms with Gasteiger partial charge in [-0.25, -0.2) is 0 Å². The zero-order valence-electron chi connectivity index (χ0n) is 12.6. The summed E-state index contributed by atoms with van der Waals surface area (Å²) in [5, 5.41) is 3.25. The Morgan fingerprint density at radius 1 is 1.15 bits per heavy atom. The van der Waals surface area contributed by atoms with Crippen LogP contribution in [-0.2, 0) is 16.0 Å². The summed E-state index contributed by atoms with van der Waals surface area (Å²) in [4.78, 5) is 0. The van der Waals surface area contributed by atoms with Crippen molar-refractivity contribution in [1.29, 1.82) is 0 Å². The van der Waals surface area contributed by atoms with E-state index in [0.717, 1.165) is 18.8 Å². The molecule has 0 unspecified atom stereocenters. The van der Waals surface area contributed by atoms with Crippen LogP contribution in [0.5, 0.6) is 5.75 Å². The van der Waals surface area contributed by atoms with Crippen molar-refractivity contribution in [3.05, 3.63) is 42.5 Å². The molecule has 0 aliphatic rings. The first-order valence-electron chi connectivity index (χ1n) is 7.01. The van der Waals surface area contributed by atoms with Gasteiger partial charge in [0.05, 0.1) is 13.2 Å². The highest BCUT2D eigenvalue weighted by molar-refractivity contribution is 5.27. The van der Waals surface area contributed by atoms with Crippen molar-refractivity contribution in [2.75, 3.05) is 19.8 Å². The van der Waals surface area contributed by atoms with E-state index in [-0.39, 0.29) is 0 Å². The van der Waals surface area contributed by atoms with Crippen LogP contribution >= 0.6 is 0 Å². The van der Waals surface area contributed by atoms with Gasteiger partial charge < -0.3 is 19.5 Å². The second kappa shape index (κ2) is 8.74. The molecule has 4 nitrogen and oxygen atoms in total. The largest absolute Gasteiger partial charge is 0.439 e. The molecule has 0 spiro atoms. The maximum Gasteiger partial charge on any atom is 0.323 e. The van der Waals surface area contributed by atoms with Gasteiger partial charge in [-0.1, -0.05) is 18.2 Å². The fourth-order valence-corrected chi connectivity index (χ4v) is 1.83. The highest BCUT2D eigenvalue weighted by atomic mass is 16.9. The lowest BCUT2D eigenvalue weighted by Crippen LogP contribution is -2.39. The number of benzene rings is 1. The molecule has 0 amide bonds. The zero-order valence-corrected chi connectivity index (χ0v) is 12.6. The molecule has 0 radical (unpaired) electrons. The fourth-order valence-electron chi connectivity index (χ4n) is 1.83. The summed E-state index contributed by atoms with van der Waals surface area (Å²) < 4.78 is 16.8. The van der Waals surface area contributed by atoms with Crippen molar-refractivity contribution in [3.8, 4) is 5.75 Å². The fraction of sp³-hybridized carbons (Fsp3) is 0.500. The first-order valence-corrected chi connectivity index (χ1v) is 7.01. The Balaban J connectivity index is 2.60. The predicted molar refractivity (Wildman–Crippen MR) is 80.6 cm³/mol. The minimum atomic E-state index is -1.04. The topological polar surface area (TPSA) is 39.7 Å². The summed E-state index contributed by atoms with van der Waals surface area (Å²) >= 11 is 0. The monoisotopic (exact) mass is 279 g/mol. The maximum atomic E-state index is 5.78. The summed E-state index contributed by atoms with van der Waals surface area (Å²) in [6, 6.07) is 7.87. The smallest absolute Gasteiger partial charge is 0.323 e. The number of nitrogens with one attached hydrogen (secondary N) is 1. The van der Waals surface area contributed by atoms with Crippen molar-refractivity contribution < 1.29 is 14.2 Å². The highest BCUT2D eigenvalue weighted by Crippen LogP contribution is 2.21. The van der Waals surface area contributed by atoms with E-state index in [1.54, 1.807) is 6.92 Å². The molecule has 1 N–H and O–H groups in total. The van der Waals surface area contributed by atoms with Crippen molar-refractivity contribution in [2.24, 2.45) is 0 Å². The van der Waals surface area contributed by atoms with Crippen LogP contribution in [0.2, 0.25) is 0 Å². The highest BCUT2D eigenvalue weighted by Gasteiger charge is 2.27. The Kier molecular flexibility index (Phi) is 7.30. The molecule has 0 heterocycles. The molecule has 0 saturated carbocycles. The molecule has 4 heteroatoms. The van der Waals surface area contributed by atoms with E-state index in [1.165, 1.54) is 5.56 Å². The summed E-state index contributed by atoms with van der Waals surface area (Å²) in [7, 11) is 0. The molecule has 1 aromatic carbocycles. The zero-order chi connectivity index (χ0) is 14.8. The van der Waals surface area contributed by atoms with Crippen LogP contribution in [0.25, 0.3) is 0 Å². The first kappa shape index (κ1) is 16.7. The van der Waals surface area contributed by atoms with Crippen LogP contribution in [0.4, 0.5) is 0 Å². The van der Waals surface area contributed by atoms with E-state index in [9.17, 15) is 0 Å². The maximum absolute atomic E-state index is 5.78. The number of ether oxygens (including phenoxy) is 3. The van der Waals surface area contributed by atoms with Crippen molar-refractivity contribution in [1.82, 2.24) is 5.32 Å². The molecule has 0 aliphatic carbocycles. The van der Waals surface area contributed by atoms with E-state index in [0.29, 0.717) is 13.2 Å². The van der Waals surface area contributed by atoms with Crippen LogP contribution in [0.3, 0.4) is 0 Å². The molecule has 1 rings (SSSR count). The summed E-state index contributed by atoms with van der Waals surface area (Å²) in [5.74, 6) is -0.312. The van der Waals surface area contributed by atoms with Gasteiger partial charge in [0.2, 0.25) is 0 Å². The van der Waals surface area contributed by atoms with Crippen LogP contribution < -0.4 is 10.1 Å². The second-order valence-corrected chi connectivity index (χ2v) is 4.39. The van der Waals surface area contributed by atoms with Gasteiger partial charge >= 0.3 is 5.97 Å². The van der Waals surface area contributed by atoms with E-state index >= 15 is 0 Å². The van der Waals surface area contributed by atoms with Crippen molar-refractivity contribution in [2.45, 2.75) is 33.3 Å². The molecule has 0 aromatic heterocycles. The van der Waals surface area contributed by atoms with Gasteiger partial charge in [-0.2, -0.15) is 0 Å². The lowest BCUT2D eigenvalue weighted by molar-refractivity contribution is -0.328. The SMILES string of the molecule is C=CCNCc1ccc(OC(C)(OCC)OCC)cc1. The molecule has 20 heavy (non-hydrogen) atoms. The molecule has 0 saturated heterocycles. The van der Waals surface area contributed by atoms with Crippen LogP contribution in [0, 0.1) is 0 Å². The Hall–Kier alpha value is -1.36. The summed E-state index contributed by atoms with van der Waals surface area (Å²) in [6.07, 6.45) is 1.84. The lowest BCUT2D eigenvalue weighted by atomic mass is 10.2. The summed E-state index contributed by atoms with van der Waals surface area (Å²) in [6.45, 7) is 11.9. The molecule has 112 valence electrons. The lowest BCUT2D eigenvalue weighted by Gasteiger charge is -2.29. The minimum Gasteiger partial charge on any atom is -0.439 e. The second-order valence-electron chi connectivity index (χ2n) is 4.39. The summed E-state index contributed by atoms with van der Waals surface area (Å²) in [5.41, 5.74) is 1.19. The van der Waals surface area contributed by atoms with Gasteiger partial charge in [0.25, 0.3) is 0 Å².